The molecule has 36 heavy (non-hydrogen) atoms. The minimum absolute atomic E-state index is 0.421. The third kappa shape index (κ3) is 4.73. The van der Waals surface area contributed by atoms with Gasteiger partial charge in [0.1, 0.15) is 5.82 Å². The molecular formula is C27H27N5O4. The van der Waals surface area contributed by atoms with E-state index in [2.05, 4.69) is 22.3 Å². The standard InChI is InChI=1S/C27H27N5O4/c1-34-23-15-21-22(16-24(23)35-2)30-26(18-5-3-17(4-6-18)25(28)33)31-27(21)29-19-7-9-20(10-8-19)32-11-13-36-14-12-32/h3-10,15-16H,11-14H2,1-2H3,(H2,28,33)(H,29,30,31). The molecule has 9 heteroatoms. The third-order valence-electron chi connectivity index (χ3n) is 6.13. The predicted molar refractivity (Wildman–Crippen MR) is 139 cm³/mol. The molecule has 4 aromatic rings. The van der Waals surface area contributed by atoms with E-state index in [1.54, 1.807) is 38.5 Å². The van der Waals surface area contributed by atoms with Gasteiger partial charge in [0.2, 0.25) is 5.91 Å². The Balaban J connectivity index is 1.55. The highest BCUT2D eigenvalue weighted by Gasteiger charge is 2.16. The summed E-state index contributed by atoms with van der Waals surface area (Å²) in [6, 6.07) is 18.8. The lowest BCUT2D eigenvalue weighted by Gasteiger charge is -2.29. The summed E-state index contributed by atoms with van der Waals surface area (Å²) in [7, 11) is 3.18. The highest BCUT2D eigenvalue weighted by molar-refractivity contribution is 5.95. The SMILES string of the molecule is COc1cc2nc(-c3ccc(C(N)=O)cc3)nc(Nc3ccc(N4CCOCC4)cc3)c2cc1OC. The average molecular weight is 486 g/mol. The molecule has 0 radical (unpaired) electrons. The molecule has 0 atom stereocenters. The summed E-state index contributed by atoms with van der Waals surface area (Å²) >= 11 is 0. The van der Waals surface area contributed by atoms with Crippen molar-refractivity contribution in [3.63, 3.8) is 0 Å². The maximum atomic E-state index is 11.5. The van der Waals surface area contributed by atoms with Crippen LogP contribution in [0.5, 0.6) is 11.5 Å². The number of methoxy groups -OCH3 is 2. The summed E-state index contributed by atoms with van der Waals surface area (Å²) in [5.41, 5.74) is 9.28. The van der Waals surface area contributed by atoms with Crippen molar-refractivity contribution in [1.29, 1.82) is 0 Å². The first-order valence-electron chi connectivity index (χ1n) is 11.6. The van der Waals surface area contributed by atoms with Gasteiger partial charge in [0, 0.05) is 47.0 Å². The van der Waals surface area contributed by atoms with Crippen molar-refractivity contribution in [1.82, 2.24) is 9.97 Å². The molecule has 3 aromatic carbocycles. The lowest BCUT2D eigenvalue weighted by atomic mass is 10.1. The van der Waals surface area contributed by atoms with Crippen molar-refractivity contribution in [3.8, 4) is 22.9 Å². The smallest absolute Gasteiger partial charge is 0.248 e. The monoisotopic (exact) mass is 485 g/mol. The van der Waals surface area contributed by atoms with Crippen LogP contribution in [0.4, 0.5) is 17.2 Å². The van der Waals surface area contributed by atoms with E-state index in [0.717, 1.165) is 48.6 Å². The number of amides is 1. The zero-order chi connectivity index (χ0) is 25.1. The molecule has 1 saturated heterocycles. The topological polar surface area (TPSA) is 112 Å². The first-order chi connectivity index (χ1) is 17.6. The number of nitrogens with one attached hydrogen (secondary N) is 1. The average Bonchev–Trinajstić information content (AvgIpc) is 2.93. The van der Waals surface area contributed by atoms with Gasteiger partial charge >= 0.3 is 0 Å². The van der Waals surface area contributed by atoms with Crippen LogP contribution >= 0.6 is 0 Å². The Bertz CT molecular complexity index is 1380. The fourth-order valence-electron chi connectivity index (χ4n) is 4.18. The van der Waals surface area contributed by atoms with Gasteiger partial charge < -0.3 is 30.2 Å². The van der Waals surface area contributed by atoms with Gasteiger partial charge in [-0.2, -0.15) is 0 Å². The molecule has 1 aliphatic heterocycles. The fraction of sp³-hybridized carbons (Fsp3) is 0.222. The Morgan fingerprint density at radius 2 is 1.61 bits per heavy atom. The van der Waals surface area contributed by atoms with E-state index in [1.165, 1.54) is 0 Å². The number of nitrogens with zero attached hydrogens (tertiary/aromatic N) is 3. The van der Waals surface area contributed by atoms with Crippen LogP contribution in [0.25, 0.3) is 22.3 Å². The highest BCUT2D eigenvalue weighted by Crippen LogP contribution is 2.36. The second kappa shape index (κ2) is 10.1. The van der Waals surface area contributed by atoms with Crippen LogP contribution < -0.4 is 25.4 Å². The predicted octanol–water partition coefficient (Wildman–Crippen LogP) is 3.99. The van der Waals surface area contributed by atoms with Gasteiger partial charge in [-0.1, -0.05) is 12.1 Å². The fourth-order valence-corrected chi connectivity index (χ4v) is 4.18. The van der Waals surface area contributed by atoms with E-state index in [9.17, 15) is 4.79 Å². The van der Waals surface area contributed by atoms with Crippen LogP contribution in [0.2, 0.25) is 0 Å². The lowest BCUT2D eigenvalue weighted by molar-refractivity contribution is 0.100. The number of fused-ring (bicyclic) bond motifs is 1. The van der Waals surface area contributed by atoms with Crippen LogP contribution in [-0.2, 0) is 4.74 Å². The molecule has 1 amide bonds. The van der Waals surface area contributed by atoms with E-state index in [-0.39, 0.29) is 0 Å². The highest BCUT2D eigenvalue weighted by atomic mass is 16.5. The van der Waals surface area contributed by atoms with Gasteiger partial charge in [-0.3, -0.25) is 4.79 Å². The Morgan fingerprint density at radius 3 is 2.25 bits per heavy atom. The van der Waals surface area contributed by atoms with E-state index in [4.69, 9.17) is 29.9 Å². The third-order valence-corrected chi connectivity index (χ3v) is 6.13. The second-order valence-electron chi connectivity index (χ2n) is 8.33. The minimum atomic E-state index is -0.485. The molecule has 0 unspecified atom stereocenters. The summed E-state index contributed by atoms with van der Waals surface area (Å²) < 4.78 is 16.5. The number of aromatic nitrogens is 2. The first-order valence-corrected chi connectivity index (χ1v) is 11.6. The number of ether oxygens (including phenoxy) is 3. The summed E-state index contributed by atoms with van der Waals surface area (Å²) in [4.78, 5) is 23.4. The Morgan fingerprint density at radius 1 is 0.944 bits per heavy atom. The molecule has 3 N–H and O–H groups in total. The number of primary amides is 1. The lowest BCUT2D eigenvalue weighted by Crippen LogP contribution is -2.36. The van der Waals surface area contributed by atoms with Gasteiger partial charge in [-0.25, -0.2) is 9.97 Å². The zero-order valence-corrected chi connectivity index (χ0v) is 20.2. The number of anilines is 3. The number of hydrogen-bond donors (Lipinski definition) is 2. The molecule has 0 aliphatic carbocycles. The Kier molecular flexibility index (Phi) is 6.55. The minimum Gasteiger partial charge on any atom is -0.493 e. The molecule has 0 saturated carbocycles. The number of carbonyl (C=O) groups is 1. The molecule has 1 fully saturated rings. The first kappa shape index (κ1) is 23.4. The summed E-state index contributed by atoms with van der Waals surface area (Å²) in [6.07, 6.45) is 0. The van der Waals surface area contributed by atoms with Gasteiger partial charge in [-0.15, -0.1) is 0 Å². The Labute approximate surface area is 208 Å². The zero-order valence-electron chi connectivity index (χ0n) is 20.2. The Hall–Kier alpha value is -4.37. The van der Waals surface area contributed by atoms with E-state index in [1.807, 2.05) is 24.3 Å². The summed E-state index contributed by atoms with van der Waals surface area (Å²) in [5.74, 6) is 1.78. The molecule has 2 heterocycles. The summed E-state index contributed by atoms with van der Waals surface area (Å²) in [5, 5.41) is 4.22. The molecule has 1 aromatic heterocycles. The molecule has 5 rings (SSSR count). The maximum absolute atomic E-state index is 11.5. The van der Waals surface area contributed by atoms with Gasteiger partial charge in [0.15, 0.2) is 17.3 Å². The quantitative estimate of drug-likeness (QED) is 0.404. The van der Waals surface area contributed by atoms with Crippen LogP contribution in [-0.4, -0.2) is 56.4 Å². The number of nitrogens with two attached hydrogens (primary N) is 1. The number of benzene rings is 3. The van der Waals surface area contributed by atoms with Gasteiger partial charge in [0.05, 0.1) is 33.0 Å². The largest absolute Gasteiger partial charge is 0.493 e. The summed E-state index contributed by atoms with van der Waals surface area (Å²) in [6.45, 7) is 3.23. The van der Waals surface area contributed by atoms with Crippen molar-refractivity contribution >= 4 is 34.0 Å². The maximum Gasteiger partial charge on any atom is 0.248 e. The van der Waals surface area contributed by atoms with Crippen molar-refractivity contribution in [2.75, 3.05) is 50.7 Å². The van der Waals surface area contributed by atoms with E-state index >= 15 is 0 Å². The molecular weight excluding hydrogens is 458 g/mol. The van der Waals surface area contributed by atoms with Gasteiger partial charge in [0.25, 0.3) is 0 Å². The van der Waals surface area contributed by atoms with Crippen LogP contribution in [0.15, 0.2) is 60.7 Å². The van der Waals surface area contributed by atoms with E-state index < -0.39 is 5.91 Å². The number of rotatable bonds is 7. The number of hydrogen-bond acceptors (Lipinski definition) is 8. The van der Waals surface area contributed by atoms with Crippen LogP contribution in [0, 0.1) is 0 Å². The van der Waals surface area contributed by atoms with Crippen molar-refractivity contribution in [3.05, 3.63) is 66.2 Å². The normalized spacial score (nSPS) is 13.4. The molecule has 1 aliphatic rings. The molecule has 9 nitrogen and oxygen atoms in total. The molecule has 0 bridgehead atoms. The van der Waals surface area contributed by atoms with Crippen molar-refractivity contribution < 1.29 is 19.0 Å². The van der Waals surface area contributed by atoms with Crippen LogP contribution in [0.1, 0.15) is 10.4 Å². The van der Waals surface area contributed by atoms with Crippen molar-refractivity contribution in [2.45, 2.75) is 0 Å². The molecule has 0 spiro atoms. The number of morpholine rings is 1. The van der Waals surface area contributed by atoms with Crippen molar-refractivity contribution in [2.24, 2.45) is 5.73 Å². The van der Waals surface area contributed by atoms with Gasteiger partial charge in [-0.05, 0) is 42.5 Å². The van der Waals surface area contributed by atoms with Crippen LogP contribution in [0.3, 0.4) is 0 Å². The second-order valence-corrected chi connectivity index (χ2v) is 8.33. The molecule has 184 valence electrons. The van der Waals surface area contributed by atoms with E-state index in [0.29, 0.717) is 34.2 Å². The number of carbonyl (C=O) groups excluding carboxylic acids is 1.